The van der Waals surface area contributed by atoms with Crippen molar-refractivity contribution in [3.05, 3.63) is 0 Å². The summed E-state index contributed by atoms with van der Waals surface area (Å²) in [5.41, 5.74) is 43.7. The van der Waals surface area contributed by atoms with Crippen LogP contribution in [0.15, 0.2) is 0 Å². The third kappa shape index (κ3) is 57.7. The zero-order valence-electron chi connectivity index (χ0n) is 88.0. The van der Waals surface area contributed by atoms with Crippen LogP contribution in [0.25, 0.3) is 0 Å². The van der Waals surface area contributed by atoms with Crippen LogP contribution in [0.4, 0.5) is 0 Å². The fraction of sp³-hybridized carbons (Fsp3) is 0.827. The number of hydrogen-bond donors (Lipinski definition) is 25. The van der Waals surface area contributed by atoms with Gasteiger partial charge in [0.1, 0.15) is 84.6 Å². The first kappa shape index (κ1) is 131. The molecular weight excluding hydrogens is 1800 g/mol. The smallest absolute Gasteiger partial charge is 0.243 e. The molecule has 0 radical (unpaired) electrons. The zero-order chi connectivity index (χ0) is 106. The molecule has 0 aromatic carbocycles. The van der Waals surface area contributed by atoms with Gasteiger partial charge in [-0.05, 0) is 272 Å². The first-order valence-electron chi connectivity index (χ1n) is 51.8. The summed E-state index contributed by atoms with van der Waals surface area (Å²) in [6.45, 7) is 34.5. The van der Waals surface area contributed by atoms with E-state index in [0.717, 1.165) is 0 Å². The summed E-state index contributed by atoms with van der Waals surface area (Å²) >= 11 is 0. The van der Waals surface area contributed by atoms with Crippen molar-refractivity contribution in [2.75, 3.05) is 52.4 Å². The lowest BCUT2D eigenvalue weighted by Gasteiger charge is -2.31. The van der Waals surface area contributed by atoms with Crippen molar-refractivity contribution in [3.8, 4) is 0 Å². The molecule has 0 aliphatic carbocycles. The van der Waals surface area contributed by atoms with Crippen LogP contribution < -0.4 is 136 Å². The Morgan fingerprint density at radius 3 is 0.664 bits per heavy atom. The van der Waals surface area contributed by atoms with Crippen LogP contribution in [0.3, 0.4) is 0 Å². The minimum atomic E-state index is -1.34. The Kier molecular flexibility index (Phi) is 69.6. The van der Waals surface area contributed by atoms with E-state index >= 15 is 0 Å². The maximum Gasteiger partial charge on any atom is 0.243 e. The van der Waals surface area contributed by atoms with Gasteiger partial charge in [-0.2, -0.15) is 0 Å². The van der Waals surface area contributed by atoms with Crippen molar-refractivity contribution < 1.29 is 81.5 Å². The van der Waals surface area contributed by atoms with E-state index in [-0.39, 0.29) is 163 Å². The van der Waals surface area contributed by atoms with E-state index in [1.807, 2.05) is 118 Å². The highest BCUT2D eigenvalue weighted by molar-refractivity contribution is 6.01. The largest absolute Gasteiger partial charge is 0.355 e. The fourth-order valence-electron chi connectivity index (χ4n) is 15.8. The second-order valence-corrected chi connectivity index (χ2v) is 41.0. The average Bonchev–Trinajstić information content (AvgIpc) is 0.838. The lowest BCUT2D eigenvalue weighted by molar-refractivity contribution is -0.137. The third-order valence-electron chi connectivity index (χ3n) is 23.7. The molecule has 42 nitrogen and oxygen atoms in total. The lowest BCUT2D eigenvalue weighted by Crippen LogP contribution is -2.61. The van der Waals surface area contributed by atoms with Crippen LogP contribution in [0.1, 0.15) is 324 Å². The molecule has 17 amide bonds. The summed E-state index contributed by atoms with van der Waals surface area (Å²) in [7, 11) is 0. The van der Waals surface area contributed by atoms with Gasteiger partial charge in [0.25, 0.3) is 0 Å². The number of nitrogens with one attached hydrogen (secondary N) is 17. The summed E-state index contributed by atoms with van der Waals surface area (Å²) in [5.74, 6) is -8.38. The highest BCUT2D eigenvalue weighted by Crippen LogP contribution is 2.21. The van der Waals surface area contributed by atoms with E-state index in [4.69, 9.17) is 46.0 Å². The predicted molar refractivity (Wildman–Crippen MR) is 544 cm³/mol. The molecule has 0 spiro atoms. The highest BCUT2D eigenvalue weighted by atomic mass is 16.2. The molecule has 140 heavy (non-hydrogen) atoms. The van der Waals surface area contributed by atoms with E-state index in [9.17, 15) is 81.5 Å². The Balaban J connectivity index is 7.40. The number of amides is 17. The Morgan fingerprint density at radius 2 is 0.436 bits per heavy atom. The molecule has 0 saturated heterocycles. The van der Waals surface area contributed by atoms with Crippen LogP contribution in [0.2, 0.25) is 0 Å². The molecule has 808 valence electrons. The van der Waals surface area contributed by atoms with Gasteiger partial charge in [0.2, 0.25) is 100 Å². The Bertz CT molecular complexity index is 3690. The molecule has 0 aliphatic heterocycles. The molecule has 0 unspecified atom stereocenters. The number of rotatable bonds is 79. The maximum atomic E-state index is 15.0. The first-order valence-corrected chi connectivity index (χ1v) is 51.8. The van der Waals surface area contributed by atoms with Crippen LogP contribution in [0.5, 0.6) is 0 Å². The van der Waals surface area contributed by atoms with Crippen molar-refractivity contribution in [1.29, 1.82) is 0 Å². The van der Waals surface area contributed by atoms with E-state index in [0.29, 0.717) is 135 Å². The molecule has 0 aromatic heterocycles. The van der Waals surface area contributed by atoms with E-state index in [1.54, 1.807) is 6.92 Å². The molecule has 33 N–H and O–H groups in total. The van der Waals surface area contributed by atoms with Gasteiger partial charge in [-0.15, -0.1) is 0 Å². The predicted octanol–water partition coefficient (Wildman–Crippen LogP) is 1.07. The number of hydrogen-bond acceptors (Lipinski definition) is 25. The van der Waals surface area contributed by atoms with Crippen LogP contribution in [-0.4, -0.2) is 243 Å². The highest BCUT2D eigenvalue weighted by Gasteiger charge is 2.41. The number of unbranched alkanes of at least 4 members (excludes halogenated alkanes) is 8. The van der Waals surface area contributed by atoms with Gasteiger partial charge < -0.3 is 125 Å². The number of carbonyl (C=O) groups is 17. The normalized spacial score (nSPS) is 15.0. The monoisotopic (exact) mass is 1990 g/mol. The fourth-order valence-corrected chi connectivity index (χ4v) is 15.8. The minimum Gasteiger partial charge on any atom is -0.355 e. The van der Waals surface area contributed by atoms with Crippen LogP contribution in [-0.2, 0) is 81.5 Å². The molecule has 42 heteroatoms. The molecule has 0 fully saturated rings. The van der Waals surface area contributed by atoms with E-state index in [2.05, 4.69) is 90.5 Å². The summed E-state index contributed by atoms with van der Waals surface area (Å²) in [4.78, 5) is 243. The SMILES string of the molecule is CC[C@H](C)[C@H](NC(=O)[C@H](CC(C)C)NC(=O)[C@H](CC(C)C)NC(=O)[C@H](CCCCN)NC(=O)[C@H](CCCCN)NC(=O)[C@H](CC(C)C)NC(=O)[C@H](CC(C)C)NC(=O)[C@H](CCCCN)NC(=O)[C@H](CC(C)C)NC(=O)[C@H](CC(C)C)NC(=O)[C@H](CCCCN)NC(=O)[C@H](CCCCN)NC(=O)[C@@H](N)CC(C)C)C(=O)N[C@@H](CC(C)C)C(=O)N[C@@H](CCCCN)C(=O)NCC(=O)NCCCCCC(=O)NN. The van der Waals surface area contributed by atoms with Crippen molar-refractivity contribution in [1.82, 2.24) is 90.5 Å². The van der Waals surface area contributed by atoms with Gasteiger partial charge in [0.05, 0.1) is 12.6 Å². The van der Waals surface area contributed by atoms with Crippen molar-refractivity contribution in [2.24, 2.45) is 99.2 Å². The Morgan fingerprint density at radius 1 is 0.221 bits per heavy atom. The second-order valence-electron chi connectivity index (χ2n) is 41.0. The topological polar surface area (TPSA) is 703 Å². The van der Waals surface area contributed by atoms with Crippen molar-refractivity contribution in [2.45, 2.75) is 414 Å². The molecule has 16 atom stereocenters. The average molecular weight is 1990 g/mol. The zero-order valence-corrected chi connectivity index (χ0v) is 88.0. The van der Waals surface area contributed by atoms with Gasteiger partial charge in [0, 0.05) is 13.0 Å². The summed E-state index contributed by atoms with van der Waals surface area (Å²) in [6.07, 6.45) is 8.92. The molecule has 0 heterocycles. The standard InChI is InChI=1S/C98H189N25O17/c1-19-66(18)83(98(140)121-79(55-64(14)15)93(135)110-68(35-22-28-42-99)85(127)108-57-82(125)107-48-34-20-21-41-81(124)123-106)122-97(139)80(56-65(16)17)120-96(138)78(54-63(12)13)116-89(131)72(39-26-32-46-103)112-87(129)70(37-24-30-44-101)113-91(133)74(50-59(4)5)118-95(137)77(53-62(10)11)117-90(132)73(40-27-33-47-104)114-92(134)75(51-60(6)7)119-94(136)76(52-61(8)9)115-88(130)71(38-25-31-45-102)111-86(128)69(36-23-29-43-100)109-84(126)67(105)49-58(2)3/h58-80,83H,19-57,99-106H2,1-18H3,(H,107,125)(H,108,127)(H,109,126)(H,110,135)(H,111,128)(H,112,129)(H,113,133)(H,114,134)(H,115,130)(H,116,131)(H,117,132)(H,118,137)(H,119,136)(H,120,138)(H,121,140)(H,122,139)(H,123,124)/t66-,67-,68-,69-,70-,71-,72-,73-,74-,75-,76-,77-,78-,79-,80-,83-/m0/s1. The maximum absolute atomic E-state index is 15.0. The van der Waals surface area contributed by atoms with Gasteiger partial charge in [-0.1, -0.05) is 137 Å². The Labute approximate surface area is 834 Å². The third-order valence-corrected chi connectivity index (χ3v) is 23.7. The van der Waals surface area contributed by atoms with Gasteiger partial charge >= 0.3 is 0 Å². The number of nitrogens with two attached hydrogens (primary N) is 8. The quantitative estimate of drug-likeness (QED) is 0.0175. The Hall–Kier alpha value is -9.33. The first-order chi connectivity index (χ1) is 66.1. The van der Waals surface area contributed by atoms with E-state index in [1.165, 1.54) is 0 Å². The van der Waals surface area contributed by atoms with Gasteiger partial charge in [-0.25, -0.2) is 5.84 Å². The van der Waals surface area contributed by atoms with Crippen LogP contribution >= 0.6 is 0 Å². The van der Waals surface area contributed by atoms with Gasteiger partial charge in [0.15, 0.2) is 0 Å². The van der Waals surface area contributed by atoms with Crippen molar-refractivity contribution in [3.63, 3.8) is 0 Å². The number of carbonyl (C=O) groups excluding carboxylic acids is 17. The molecule has 0 bridgehead atoms. The van der Waals surface area contributed by atoms with Crippen molar-refractivity contribution >= 4 is 100 Å². The molecule has 0 aliphatic rings. The lowest BCUT2D eigenvalue weighted by atomic mass is 9.95. The summed E-state index contributed by atoms with van der Waals surface area (Å²) in [5, 5.41) is 45.0. The van der Waals surface area contributed by atoms with E-state index < -0.39 is 198 Å². The molecule has 0 rings (SSSR count). The number of hydrazine groups is 1. The second kappa shape index (κ2) is 74.6. The molecule has 0 aromatic rings. The summed E-state index contributed by atoms with van der Waals surface area (Å²) in [6, 6.07) is -18.5. The summed E-state index contributed by atoms with van der Waals surface area (Å²) < 4.78 is 0. The molecule has 0 saturated carbocycles. The molecular formula is C98H189N25O17. The minimum absolute atomic E-state index is 0.0121. The van der Waals surface area contributed by atoms with Gasteiger partial charge in [-0.3, -0.25) is 86.9 Å². The van der Waals surface area contributed by atoms with Crippen LogP contribution in [0, 0.1) is 53.3 Å².